The van der Waals surface area contributed by atoms with Crippen LogP contribution in [0.1, 0.15) is 25.3 Å². The van der Waals surface area contributed by atoms with Crippen molar-refractivity contribution in [1.29, 1.82) is 0 Å². The molecule has 0 saturated heterocycles. The molecule has 0 unspecified atom stereocenters. The molecule has 0 aliphatic carbocycles. The van der Waals surface area contributed by atoms with Gasteiger partial charge in [0.1, 0.15) is 12.4 Å². The van der Waals surface area contributed by atoms with Crippen LogP contribution in [0, 0.1) is 6.92 Å². The number of nitrogens with one attached hydrogen (secondary N) is 1. The lowest BCUT2D eigenvalue weighted by Gasteiger charge is -2.08. The molecule has 0 aromatic heterocycles. The summed E-state index contributed by atoms with van der Waals surface area (Å²) in [5, 5.41) is 3.20. The molecule has 0 aliphatic rings. The lowest BCUT2D eigenvalue weighted by molar-refractivity contribution is -0.145. The normalized spacial score (nSPS) is 10.2. The number of carbonyl (C=O) groups excluding carboxylic acids is 1. The number of aryl methyl sites for hydroxylation is 1. The molecule has 1 aromatic rings. The summed E-state index contributed by atoms with van der Waals surface area (Å²) in [6.45, 7) is 6.15. The number of hydrogen-bond acceptors (Lipinski definition) is 4. The SMILES string of the molecule is CCCCNCCOC(=O)COc1ccc(C)cc1. The Morgan fingerprint density at radius 2 is 1.95 bits per heavy atom. The van der Waals surface area contributed by atoms with Crippen LogP contribution in [-0.4, -0.2) is 32.3 Å². The van der Waals surface area contributed by atoms with Gasteiger partial charge in [0.2, 0.25) is 0 Å². The van der Waals surface area contributed by atoms with Crippen molar-refractivity contribution in [2.24, 2.45) is 0 Å². The average molecular weight is 265 g/mol. The lowest BCUT2D eigenvalue weighted by atomic mass is 10.2. The van der Waals surface area contributed by atoms with E-state index >= 15 is 0 Å². The van der Waals surface area contributed by atoms with Gasteiger partial charge in [-0.25, -0.2) is 4.79 Å². The van der Waals surface area contributed by atoms with Gasteiger partial charge >= 0.3 is 5.97 Å². The predicted octanol–water partition coefficient (Wildman–Crippen LogP) is 2.31. The van der Waals surface area contributed by atoms with Crippen molar-refractivity contribution in [3.05, 3.63) is 29.8 Å². The van der Waals surface area contributed by atoms with Crippen LogP contribution in [0.15, 0.2) is 24.3 Å². The highest BCUT2D eigenvalue weighted by molar-refractivity contribution is 5.71. The van der Waals surface area contributed by atoms with E-state index in [-0.39, 0.29) is 12.6 Å². The summed E-state index contributed by atoms with van der Waals surface area (Å²) in [6, 6.07) is 7.57. The van der Waals surface area contributed by atoms with E-state index < -0.39 is 0 Å². The number of esters is 1. The van der Waals surface area contributed by atoms with Gasteiger partial charge < -0.3 is 14.8 Å². The Morgan fingerprint density at radius 1 is 1.21 bits per heavy atom. The zero-order valence-electron chi connectivity index (χ0n) is 11.8. The monoisotopic (exact) mass is 265 g/mol. The first-order chi connectivity index (χ1) is 9.22. The Hall–Kier alpha value is -1.55. The predicted molar refractivity (Wildman–Crippen MR) is 75.4 cm³/mol. The van der Waals surface area contributed by atoms with Gasteiger partial charge in [-0.1, -0.05) is 31.0 Å². The molecule has 4 nitrogen and oxygen atoms in total. The summed E-state index contributed by atoms with van der Waals surface area (Å²) in [7, 11) is 0. The molecule has 0 bridgehead atoms. The maximum absolute atomic E-state index is 11.4. The van der Waals surface area contributed by atoms with Crippen molar-refractivity contribution in [2.45, 2.75) is 26.7 Å². The first kappa shape index (κ1) is 15.5. The zero-order chi connectivity index (χ0) is 13.9. The molecule has 0 fully saturated rings. The molecule has 1 N–H and O–H groups in total. The molecule has 0 spiro atoms. The quantitative estimate of drug-likeness (QED) is 0.550. The van der Waals surface area contributed by atoms with E-state index in [1.54, 1.807) is 0 Å². The fourth-order valence-electron chi connectivity index (χ4n) is 1.48. The standard InChI is InChI=1S/C15H23NO3/c1-3-4-9-16-10-11-18-15(17)12-19-14-7-5-13(2)6-8-14/h5-8,16H,3-4,9-12H2,1-2H3. The van der Waals surface area contributed by atoms with Crippen LogP contribution in [0.25, 0.3) is 0 Å². The molecule has 0 radical (unpaired) electrons. The number of ether oxygens (including phenoxy) is 2. The average Bonchev–Trinajstić information content (AvgIpc) is 2.42. The van der Waals surface area contributed by atoms with Crippen molar-refractivity contribution < 1.29 is 14.3 Å². The summed E-state index contributed by atoms with van der Waals surface area (Å²) in [6.07, 6.45) is 2.31. The highest BCUT2D eigenvalue weighted by Gasteiger charge is 2.03. The number of rotatable bonds is 9. The second-order valence-electron chi connectivity index (χ2n) is 4.43. The topological polar surface area (TPSA) is 47.6 Å². The Balaban J connectivity index is 2.06. The Morgan fingerprint density at radius 3 is 2.63 bits per heavy atom. The van der Waals surface area contributed by atoms with Gasteiger partial charge in [0, 0.05) is 6.54 Å². The molecular weight excluding hydrogens is 242 g/mol. The second kappa shape index (κ2) is 9.39. The molecule has 106 valence electrons. The van der Waals surface area contributed by atoms with Gasteiger partial charge in [0.25, 0.3) is 0 Å². The smallest absolute Gasteiger partial charge is 0.344 e. The Bertz CT molecular complexity index is 362. The molecule has 1 rings (SSSR count). The number of carbonyl (C=O) groups is 1. The fraction of sp³-hybridized carbons (Fsp3) is 0.533. The fourth-order valence-corrected chi connectivity index (χ4v) is 1.48. The van der Waals surface area contributed by atoms with E-state index in [4.69, 9.17) is 9.47 Å². The van der Waals surface area contributed by atoms with Crippen molar-refractivity contribution in [3.63, 3.8) is 0 Å². The van der Waals surface area contributed by atoms with Gasteiger partial charge in [-0.05, 0) is 32.0 Å². The molecular formula is C15H23NO3. The van der Waals surface area contributed by atoms with E-state index in [1.165, 1.54) is 0 Å². The van der Waals surface area contributed by atoms with Gasteiger partial charge in [0.15, 0.2) is 6.61 Å². The number of hydrogen-bond donors (Lipinski definition) is 1. The molecule has 0 aliphatic heterocycles. The van der Waals surface area contributed by atoms with Crippen LogP contribution in [0.2, 0.25) is 0 Å². The van der Waals surface area contributed by atoms with Gasteiger partial charge in [-0.15, -0.1) is 0 Å². The first-order valence-electron chi connectivity index (χ1n) is 6.78. The third-order valence-corrected chi connectivity index (χ3v) is 2.63. The molecule has 1 aromatic carbocycles. The van der Waals surface area contributed by atoms with Crippen LogP contribution in [0.4, 0.5) is 0 Å². The zero-order valence-corrected chi connectivity index (χ0v) is 11.8. The highest BCUT2D eigenvalue weighted by Crippen LogP contribution is 2.10. The number of unbranched alkanes of at least 4 members (excludes halogenated alkanes) is 1. The van der Waals surface area contributed by atoms with Crippen LogP contribution in [0.5, 0.6) is 5.75 Å². The molecule has 0 saturated carbocycles. The van der Waals surface area contributed by atoms with Gasteiger partial charge in [-0.2, -0.15) is 0 Å². The minimum atomic E-state index is -0.335. The molecule has 0 heterocycles. The first-order valence-corrected chi connectivity index (χ1v) is 6.78. The van der Waals surface area contributed by atoms with Crippen LogP contribution < -0.4 is 10.1 Å². The molecule has 0 atom stereocenters. The van der Waals surface area contributed by atoms with E-state index in [0.717, 1.165) is 24.9 Å². The number of benzene rings is 1. The minimum absolute atomic E-state index is 0.0436. The van der Waals surface area contributed by atoms with Crippen LogP contribution >= 0.6 is 0 Å². The summed E-state index contributed by atoms with van der Waals surface area (Å²) in [5.41, 5.74) is 1.16. The third kappa shape index (κ3) is 7.47. The summed E-state index contributed by atoms with van der Waals surface area (Å²) in [5.74, 6) is 0.349. The molecule has 4 heteroatoms. The summed E-state index contributed by atoms with van der Waals surface area (Å²) >= 11 is 0. The van der Waals surface area contributed by atoms with Crippen molar-refractivity contribution in [2.75, 3.05) is 26.3 Å². The van der Waals surface area contributed by atoms with E-state index in [1.807, 2.05) is 31.2 Å². The van der Waals surface area contributed by atoms with Crippen LogP contribution in [-0.2, 0) is 9.53 Å². The summed E-state index contributed by atoms with van der Waals surface area (Å²) in [4.78, 5) is 11.4. The molecule has 19 heavy (non-hydrogen) atoms. The summed E-state index contributed by atoms with van der Waals surface area (Å²) < 4.78 is 10.4. The van der Waals surface area contributed by atoms with Gasteiger partial charge in [0.05, 0.1) is 0 Å². The van der Waals surface area contributed by atoms with E-state index in [2.05, 4.69) is 12.2 Å². The second-order valence-corrected chi connectivity index (χ2v) is 4.43. The maximum atomic E-state index is 11.4. The largest absolute Gasteiger partial charge is 0.482 e. The Kier molecular flexibility index (Phi) is 7.66. The van der Waals surface area contributed by atoms with Crippen molar-refractivity contribution in [3.8, 4) is 5.75 Å². The highest BCUT2D eigenvalue weighted by atomic mass is 16.6. The van der Waals surface area contributed by atoms with Crippen molar-refractivity contribution >= 4 is 5.97 Å². The van der Waals surface area contributed by atoms with Crippen molar-refractivity contribution in [1.82, 2.24) is 5.32 Å². The lowest BCUT2D eigenvalue weighted by Crippen LogP contribution is -2.24. The van der Waals surface area contributed by atoms with E-state index in [0.29, 0.717) is 18.9 Å². The maximum Gasteiger partial charge on any atom is 0.344 e. The Labute approximate surface area is 115 Å². The molecule has 0 amide bonds. The van der Waals surface area contributed by atoms with Crippen LogP contribution in [0.3, 0.4) is 0 Å². The van der Waals surface area contributed by atoms with Gasteiger partial charge in [-0.3, -0.25) is 0 Å². The van der Waals surface area contributed by atoms with E-state index in [9.17, 15) is 4.79 Å². The minimum Gasteiger partial charge on any atom is -0.482 e. The third-order valence-electron chi connectivity index (χ3n) is 2.63.